The Hall–Kier alpha value is -1.47. The van der Waals surface area contributed by atoms with Crippen LogP contribution in [0, 0.1) is 0 Å². The summed E-state index contributed by atoms with van der Waals surface area (Å²) in [4.78, 5) is 22.7. The highest BCUT2D eigenvalue weighted by Gasteiger charge is 2.14. The Bertz CT molecular complexity index is 417. The Morgan fingerprint density at radius 1 is 1.50 bits per heavy atom. The largest absolute Gasteiger partial charge is 0.459 e. The number of amides is 2. The average Bonchev–Trinajstić information content (AvgIpc) is 2.75. The molecule has 18 heavy (non-hydrogen) atoms. The summed E-state index contributed by atoms with van der Waals surface area (Å²) >= 11 is 1.41. The van der Waals surface area contributed by atoms with E-state index in [0.717, 1.165) is 5.56 Å². The van der Waals surface area contributed by atoms with Gasteiger partial charge < -0.3 is 9.73 Å². The van der Waals surface area contributed by atoms with Gasteiger partial charge in [-0.05, 0) is 19.9 Å². The predicted molar refractivity (Wildman–Crippen MR) is 69.8 cm³/mol. The van der Waals surface area contributed by atoms with Crippen molar-refractivity contribution in [2.75, 3.05) is 5.75 Å². The number of thioether (sulfide) groups is 1. The zero-order valence-corrected chi connectivity index (χ0v) is 11.2. The number of hydrogen-bond donors (Lipinski definition) is 3. The molecule has 0 atom stereocenters. The fourth-order valence-electron chi connectivity index (χ4n) is 1.33. The van der Waals surface area contributed by atoms with Crippen LogP contribution in [0.4, 0.5) is 0 Å². The lowest BCUT2D eigenvalue weighted by molar-refractivity contribution is -0.119. The van der Waals surface area contributed by atoms with Crippen molar-refractivity contribution in [2.45, 2.75) is 25.6 Å². The predicted octanol–water partition coefficient (Wildman–Crippen LogP) is 0.641. The quantitative estimate of drug-likeness (QED) is 0.401. The van der Waals surface area contributed by atoms with Crippen molar-refractivity contribution >= 4 is 23.6 Å². The van der Waals surface area contributed by atoms with Gasteiger partial charge in [-0.3, -0.25) is 15.0 Å². The van der Waals surface area contributed by atoms with Crippen LogP contribution in [0.15, 0.2) is 16.7 Å². The van der Waals surface area contributed by atoms with Gasteiger partial charge in [-0.2, -0.15) is 0 Å². The van der Waals surface area contributed by atoms with Gasteiger partial charge in [-0.15, -0.1) is 11.8 Å². The molecule has 4 N–H and O–H groups in total. The van der Waals surface area contributed by atoms with Crippen molar-refractivity contribution in [2.24, 2.45) is 5.84 Å². The van der Waals surface area contributed by atoms with Gasteiger partial charge in [-0.1, -0.05) is 0 Å². The molecule has 0 saturated heterocycles. The average molecular weight is 271 g/mol. The molecular weight excluding hydrogens is 254 g/mol. The first-order valence-corrected chi connectivity index (χ1v) is 6.64. The van der Waals surface area contributed by atoms with Crippen LogP contribution >= 0.6 is 11.8 Å². The second kappa shape index (κ2) is 7.07. The summed E-state index contributed by atoms with van der Waals surface area (Å²) in [6.07, 6.45) is 1.43. The lowest BCUT2D eigenvalue weighted by Crippen LogP contribution is -2.31. The summed E-state index contributed by atoms with van der Waals surface area (Å²) in [6, 6.07) is 1.82. The highest BCUT2D eigenvalue weighted by Crippen LogP contribution is 2.17. The van der Waals surface area contributed by atoms with E-state index in [1.165, 1.54) is 18.0 Å². The van der Waals surface area contributed by atoms with Crippen molar-refractivity contribution in [1.29, 1.82) is 0 Å². The number of rotatable bonds is 6. The lowest BCUT2D eigenvalue weighted by Gasteiger charge is -2.07. The first kappa shape index (κ1) is 14.6. The topological polar surface area (TPSA) is 97.4 Å². The summed E-state index contributed by atoms with van der Waals surface area (Å²) in [5.41, 5.74) is 2.73. The molecule has 0 fully saturated rings. The number of carbonyl (C=O) groups is 2. The van der Waals surface area contributed by atoms with E-state index in [1.807, 2.05) is 19.3 Å². The number of hydrogen-bond acceptors (Lipinski definition) is 5. The summed E-state index contributed by atoms with van der Waals surface area (Å²) in [5, 5.41) is 2.79. The molecule has 6 nitrogen and oxygen atoms in total. The molecule has 0 aliphatic heterocycles. The van der Waals surface area contributed by atoms with Crippen molar-refractivity contribution < 1.29 is 14.0 Å². The van der Waals surface area contributed by atoms with Gasteiger partial charge >= 0.3 is 5.91 Å². The normalized spacial score (nSPS) is 10.4. The fraction of sp³-hybridized carbons (Fsp3) is 0.455. The second-order valence-corrected chi connectivity index (χ2v) is 4.95. The van der Waals surface area contributed by atoms with Crippen molar-refractivity contribution in [3.05, 3.63) is 23.7 Å². The van der Waals surface area contributed by atoms with E-state index in [4.69, 9.17) is 10.3 Å². The summed E-state index contributed by atoms with van der Waals surface area (Å²) < 4.78 is 5.03. The number of nitrogen functional groups attached to an aromatic ring is 1. The van der Waals surface area contributed by atoms with Crippen LogP contribution < -0.4 is 16.6 Å². The van der Waals surface area contributed by atoms with Crippen LogP contribution in [-0.4, -0.2) is 23.6 Å². The van der Waals surface area contributed by atoms with E-state index in [0.29, 0.717) is 11.5 Å². The first-order chi connectivity index (χ1) is 8.54. The third-order valence-corrected chi connectivity index (χ3v) is 3.01. The molecule has 0 aromatic carbocycles. The second-order valence-electron chi connectivity index (χ2n) is 3.96. The molecule has 0 bridgehead atoms. The van der Waals surface area contributed by atoms with Gasteiger partial charge in [-0.25, -0.2) is 5.84 Å². The Labute approximate surface area is 110 Å². The summed E-state index contributed by atoms with van der Waals surface area (Å²) in [7, 11) is 0. The Morgan fingerprint density at radius 2 is 2.22 bits per heavy atom. The standard InChI is InChI=1S/C11H17N3O3S/c1-7(2)13-9(15)6-18-5-8-3-4-17-10(8)11(16)14-12/h3-4,7H,5-6,12H2,1-2H3,(H,13,15)(H,14,16). The monoisotopic (exact) mass is 271 g/mol. The van der Waals surface area contributed by atoms with E-state index in [2.05, 4.69) is 5.32 Å². The number of hydrazine groups is 1. The molecule has 0 aliphatic carbocycles. The fourth-order valence-corrected chi connectivity index (χ4v) is 2.15. The molecule has 0 spiro atoms. The molecule has 2 amide bonds. The smallest absolute Gasteiger partial charge is 0.301 e. The van der Waals surface area contributed by atoms with E-state index < -0.39 is 5.91 Å². The Kier molecular flexibility index (Phi) is 5.73. The van der Waals surface area contributed by atoms with Gasteiger partial charge in [0.1, 0.15) is 0 Å². The van der Waals surface area contributed by atoms with Gasteiger partial charge in [0, 0.05) is 17.4 Å². The molecule has 1 aromatic rings. The molecule has 0 aliphatic rings. The number of nitrogens with two attached hydrogens (primary N) is 1. The number of carbonyl (C=O) groups excluding carboxylic acids is 2. The molecule has 1 heterocycles. The number of furan rings is 1. The maximum Gasteiger partial charge on any atom is 0.301 e. The molecule has 100 valence electrons. The molecule has 0 unspecified atom stereocenters. The van der Waals surface area contributed by atoms with Crippen LogP contribution in [-0.2, 0) is 10.5 Å². The van der Waals surface area contributed by atoms with Gasteiger partial charge in [0.15, 0.2) is 5.76 Å². The van der Waals surface area contributed by atoms with Crippen LogP contribution in [0.5, 0.6) is 0 Å². The van der Waals surface area contributed by atoms with Gasteiger partial charge in [0.25, 0.3) is 0 Å². The minimum absolute atomic E-state index is 0.0247. The third-order valence-electron chi connectivity index (χ3n) is 2.02. The zero-order chi connectivity index (χ0) is 13.5. The maximum atomic E-state index is 11.4. The summed E-state index contributed by atoms with van der Waals surface area (Å²) in [6.45, 7) is 3.81. The molecule has 1 aromatic heterocycles. The van der Waals surface area contributed by atoms with Gasteiger partial charge in [0.2, 0.25) is 5.91 Å². The van der Waals surface area contributed by atoms with E-state index in [1.54, 1.807) is 6.07 Å². The molecular formula is C11H17N3O3S. The van der Waals surface area contributed by atoms with Crippen molar-refractivity contribution in [3.8, 4) is 0 Å². The van der Waals surface area contributed by atoms with Crippen molar-refractivity contribution in [3.63, 3.8) is 0 Å². The number of nitrogens with one attached hydrogen (secondary N) is 2. The van der Waals surface area contributed by atoms with E-state index in [9.17, 15) is 9.59 Å². The lowest BCUT2D eigenvalue weighted by atomic mass is 10.3. The first-order valence-electron chi connectivity index (χ1n) is 5.49. The van der Waals surface area contributed by atoms with Crippen LogP contribution in [0.3, 0.4) is 0 Å². The molecule has 0 radical (unpaired) electrons. The third kappa shape index (κ3) is 4.42. The van der Waals surface area contributed by atoms with Crippen molar-refractivity contribution in [1.82, 2.24) is 10.7 Å². The van der Waals surface area contributed by atoms with Crippen LogP contribution in [0.2, 0.25) is 0 Å². The zero-order valence-electron chi connectivity index (χ0n) is 10.4. The Morgan fingerprint density at radius 3 is 2.83 bits per heavy atom. The van der Waals surface area contributed by atoms with Crippen LogP contribution in [0.1, 0.15) is 30.0 Å². The molecule has 7 heteroatoms. The Balaban J connectivity index is 2.42. The van der Waals surface area contributed by atoms with E-state index >= 15 is 0 Å². The van der Waals surface area contributed by atoms with Gasteiger partial charge in [0.05, 0.1) is 12.0 Å². The highest BCUT2D eigenvalue weighted by molar-refractivity contribution is 7.99. The minimum atomic E-state index is -0.470. The summed E-state index contributed by atoms with van der Waals surface area (Å²) in [5.74, 6) is 5.59. The van der Waals surface area contributed by atoms with Crippen LogP contribution in [0.25, 0.3) is 0 Å². The SMILES string of the molecule is CC(C)NC(=O)CSCc1ccoc1C(=O)NN. The minimum Gasteiger partial charge on any atom is -0.459 e. The molecule has 1 rings (SSSR count). The van der Waals surface area contributed by atoms with E-state index in [-0.39, 0.29) is 17.7 Å². The maximum absolute atomic E-state index is 11.4. The highest BCUT2D eigenvalue weighted by atomic mass is 32.2. The molecule has 0 saturated carbocycles.